The second-order valence-electron chi connectivity index (χ2n) is 7.09. The fraction of sp³-hybridized carbons (Fsp3) is 0.316. The predicted octanol–water partition coefficient (Wildman–Crippen LogP) is 5.01. The van der Waals surface area contributed by atoms with Crippen LogP contribution in [0, 0.1) is 17.0 Å². The maximum absolute atomic E-state index is 12.0. The number of benzene rings is 2. The van der Waals surface area contributed by atoms with Crippen LogP contribution in [0.4, 0.5) is 16.2 Å². The van der Waals surface area contributed by atoms with Crippen LogP contribution in [0.3, 0.4) is 0 Å². The molecule has 0 saturated carbocycles. The molecule has 0 spiro atoms. The first kappa shape index (κ1) is 20.5. The van der Waals surface area contributed by atoms with Gasteiger partial charge in [-0.05, 0) is 30.0 Å². The van der Waals surface area contributed by atoms with Gasteiger partial charge in [0.15, 0.2) is 6.73 Å². The van der Waals surface area contributed by atoms with Crippen LogP contribution in [0.15, 0.2) is 36.4 Å². The number of amides is 2. The molecule has 0 fully saturated rings. The molecule has 0 aromatic heterocycles. The molecule has 2 aromatic rings. The third-order valence-corrected chi connectivity index (χ3v) is 4.14. The zero-order valence-electron chi connectivity index (χ0n) is 15.6. The zero-order chi connectivity index (χ0) is 20.2. The lowest BCUT2D eigenvalue weighted by molar-refractivity contribution is -0.384. The molecule has 0 aliphatic heterocycles. The van der Waals surface area contributed by atoms with E-state index in [0.717, 1.165) is 11.1 Å². The summed E-state index contributed by atoms with van der Waals surface area (Å²) in [6.07, 6.45) is 0. The summed E-state index contributed by atoms with van der Waals surface area (Å²) < 4.78 is 5.71. The summed E-state index contributed by atoms with van der Waals surface area (Å²) in [5.74, 6) is 0.682. The molecule has 7 nitrogen and oxygen atoms in total. The molecular formula is C19H22ClN3O4. The quantitative estimate of drug-likeness (QED) is 0.425. The molecular weight excluding hydrogens is 370 g/mol. The van der Waals surface area contributed by atoms with E-state index in [2.05, 4.69) is 37.5 Å². The number of rotatable bonds is 5. The Hall–Kier alpha value is -2.80. The van der Waals surface area contributed by atoms with Gasteiger partial charge in [0.1, 0.15) is 5.75 Å². The zero-order valence-corrected chi connectivity index (χ0v) is 16.4. The van der Waals surface area contributed by atoms with Gasteiger partial charge in [0.05, 0.1) is 15.6 Å². The maximum atomic E-state index is 12.0. The molecule has 0 aliphatic carbocycles. The van der Waals surface area contributed by atoms with Crippen LogP contribution < -0.4 is 15.4 Å². The van der Waals surface area contributed by atoms with Gasteiger partial charge in [0, 0.05) is 12.1 Å². The summed E-state index contributed by atoms with van der Waals surface area (Å²) in [6, 6.07) is 9.09. The van der Waals surface area contributed by atoms with E-state index in [1.165, 1.54) is 18.2 Å². The van der Waals surface area contributed by atoms with Gasteiger partial charge < -0.3 is 15.4 Å². The minimum Gasteiger partial charge on any atom is -0.473 e. The van der Waals surface area contributed by atoms with E-state index in [9.17, 15) is 14.9 Å². The Labute approximate surface area is 162 Å². The number of non-ortho nitro benzene ring substituents is 1. The first-order valence-corrected chi connectivity index (χ1v) is 8.68. The van der Waals surface area contributed by atoms with Gasteiger partial charge in [-0.1, -0.05) is 50.1 Å². The normalized spacial score (nSPS) is 11.0. The second-order valence-corrected chi connectivity index (χ2v) is 7.50. The van der Waals surface area contributed by atoms with Crippen molar-refractivity contribution in [1.82, 2.24) is 5.32 Å². The highest BCUT2D eigenvalue weighted by Crippen LogP contribution is 2.32. The van der Waals surface area contributed by atoms with E-state index in [1.807, 2.05) is 19.1 Å². The summed E-state index contributed by atoms with van der Waals surface area (Å²) >= 11 is 5.96. The number of nitro groups is 1. The Morgan fingerprint density at radius 1 is 1.22 bits per heavy atom. The molecule has 0 heterocycles. The van der Waals surface area contributed by atoms with Crippen molar-refractivity contribution in [2.75, 3.05) is 12.0 Å². The molecule has 0 aliphatic rings. The number of urea groups is 1. The minimum atomic E-state index is -0.582. The standard InChI is InChI=1S/C19H22ClN3O4/c1-12-5-8-17(14(9-12)19(2,3)4)27-11-21-18(24)22-16-10-13(23(25)26)6-7-15(16)20/h5-10H,11H2,1-4H3,(H2,21,22,24). The Kier molecular flexibility index (Phi) is 6.28. The highest BCUT2D eigenvalue weighted by Gasteiger charge is 2.19. The van der Waals surface area contributed by atoms with Crippen LogP contribution in [-0.2, 0) is 5.41 Å². The number of carbonyl (C=O) groups is 1. The minimum absolute atomic E-state index is 0.0650. The van der Waals surface area contributed by atoms with Crippen LogP contribution in [0.2, 0.25) is 5.02 Å². The summed E-state index contributed by atoms with van der Waals surface area (Å²) in [5.41, 5.74) is 2.03. The Morgan fingerprint density at radius 2 is 1.93 bits per heavy atom. The van der Waals surface area contributed by atoms with Crippen molar-refractivity contribution < 1.29 is 14.5 Å². The Bertz CT molecular complexity index is 863. The van der Waals surface area contributed by atoms with Crippen molar-refractivity contribution in [1.29, 1.82) is 0 Å². The summed E-state index contributed by atoms with van der Waals surface area (Å²) in [4.78, 5) is 22.3. The number of carbonyl (C=O) groups excluding carboxylic acids is 1. The lowest BCUT2D eigenvalue weighted by Gasteiger charge is -2.23. The van der Waals surface area contributed by atoms with Crippen molar-refractivity contribution in [3.8, 4) is 5.75 Å². The van der Waals surface area contributed by atoms with Crippen LogP contribution in [0.25, 0.3) is 0 Å². The molecule has 0 bridgehead atoms. The fourth-order valence-corrected chi connectivity index (χ4v) is 2.59. The predicted molar refractivity (Wildman–Crippen MR) is 106 cm³/mol. The molecule has 27 heavy (non-hydrogen) atoms. The number of ether oxygens (including phenoxy) is 1. The van der Waals surface area contributed by atoms with Crippen molar-refractivity contribution in [2.24, 2.45) is 0 Å². The smallest absolute Gasteiger partial charge is 0.321 e. The molecule has 0 radical (unpaired) electrons. The molecule has 2 aromatic carbocycles. The molecule has 2 N–H and O–H groups in total. The van der Waals surface area contributed by atoms with Gasteiger partial charge in [-0.25, -0.2) is 4.79 Å². The summed E-state index contributed by atoms with van der Waals surface area (Å²) in [5, 5.41) is 16.1. The topological polar surface area (TPSA) is 93.5 Å². The second kappa shape index (κ2) is 8.26. The van der Waals surface area contributed by atoms with Crippen molar-refractivity contribution in [3.63, 3.8) is 0 Å². The third kappa shape index (κ3) is 5.59. The monoisotopic (exact) mass is 391 g/mol. The average molecular weight is 392 g/mol. The van der Waals surface area contributed by atoms with E-state index < -0.39 is 11.0 Å². The average Bonchev–Trinajstić information content (AvgIpc) is 2.57. The SMILES string of the molecule is Cc1ccc(OCNC(=O)Nc2cc([N+](=O)[O-])ccc2Cl)c(C(C)(C)C)c1. The number of halogens is 1. The van der Waals surface area contributed by atoms with Crippen LogP contribution in [0.5, 0.6) is 5.75 Å². The molecule has 0 atom stereocenters. The van der Waals surface area contributed by atoms with E-state index in [1.54, 1.807) is 0 Å². The van der Waals surface area contributed by atoms with E-state index >= 15 is 0 Å². The lowest BCUT2D eigenvalue weighted by Crippen LogP contribution is -2.32. The number of nitro benzene ring substituents is 1. The van der Waals surface area contributed by atoms with Gasteiger partial charge >= 0.3 is 6.03 Å². The number of anilines is 1. The maximum Gasteiger partial charge on any atom is 0.321 e. The highest BCUT2D eigenvalue weighted by molar-refractivity contribution is 6.33. The number of nitrogens with one attached hydrogen (secondary N) is 2. The molecule has 2 amide bonds. The molecule has 8 heteroatoms. The fourth-order valence-electron chi connectivity index (χ4n) is 2.42. The third-order valence-electron chi connectivity index (χ3n) is 3.81. The number of hydrogen-bond donors (Lipinski definition) is 2. The first-order valence-electron chi connectivity index (χ1n) is 8.30. The lowest BCUT2D eigenvalue weighted by atomic mass is 9.85. The number of nitrogens with zero attached hydrogens (tertiary/aromatic N) is 1. The first-order chi connectivity index (χ1) is 12.6. The summed E-state index contributed by atoms with van der Waals surface area (Å²) in [6.45, 7) is 8.19. The largest absolute Gasteiger partial charge is 0.473 e. The van der Waals surface area contributed by atoms with Crippen molar-refractivity contribution >= 4 is 29.0 Å². The van der Waals surface area contributed by atoms with E-state index in [-0.39, 0.29) is 28.5 Å². The molecule has 0 unspecified atom stereocenters. The molecule has 0 saturated heterocycles. The number of aryl methyl sites for hydroxylation is 1. The van der Waals surface area contributed by atoms with Crippen molar-refractivity contribution in [2.45, 2.75) is 33.1 Å². The number of hydrogen-bond acceptors (Lipinski definition) is 4. The van der Waals surface area contributed by atoms with Crippen LogP contribution in [0.1, 0.15) is 31.9 Å². The Balaban J connectivity index is 2.00. The van der Waals surface area contributed by atoms with Crippen molar-refractivity contribution in [3.05, 3.63) is 62.7 Å². The summed E-state index contributed by atoms with van der Waals surface area (Å²) in [7, 11) is 0. The van der Waals surface area contributed by atoms with Crippen LogP contribution >= 0.6 is 11.6 Å². The molecule has 144 valence electrons. The van der Waals surface area contributed by atoms with Crippen LogP contribution in [-0.4, -0.2) is 17.7 Å². The molecule has 2 rings (SSSR count). The van der Waals surface area contributed by atoms with Gasteiger partial charge in [0.2, 0.25) is 0 Å². The Morgan fingerprint density at radius 3 is 2.56 bits per heavy atom. The van der Waals surface area contributed by atoms with Gasteiger partial charge in [-0.15, -0.1) is 0 Å². The highest BCUT2D eigenvalue weighted by atomic mass is 35.5. The van der Waals surface area contributed by atoms with Gasteiger partial charge in [-0.2, -0.15) is 0 Å². The van der Waals surface area contributed by atoms with E-state index in [0.29, 0.717) is 5.75 Å². The van der Waals surface area contributed by atoms with Gasteiger partial charge in [0.25, 0.3) is 5.69 Å². The van der Waals surface area contributed by atoms with E-state index in [4.69, 9.17) is 16.3 Å². The van der Waals surface area contributed by atoms with Gasteiger partial charge in [-0.3, -0.25) is 10.1 Å².